The normalized spacial score (nSPS) is 23.1. The van der Waals surface area contributed by atoms with Crippen LogP contribution < -0.4 is 10.6 Å². The quantitative estimate of drug-likeness (QED) is 0.238. The molecule has 7 nitrogen and oxygen atoms in total. The van der Waals surface area contributed by atoms with E-state index in [-0.39, 0.29) is 30.1 Å². The van der Waals surface area contributed by atoms with Crippen LogP contribution in [0.2, 0.25) is 0 Å². The first-order valence-corrected chi connectivity index (χ1v) is 9.18. The lowest BCUT2D eigenvalue weighted by molar-refractivity contribution is -0.0161. The molecule has 0 bridgehead atoms. The number of ether oxygens (including phenoxy) is 3. The number of halogens is 1. The smallest absolute Gasteiger partial charge is 0.191 e. The van der Waals surface area contributed by atoms with Gasteiger partial charge in [-0.15, -0.1) is 24.0 Å². The molecular formula is C17H35IN4O3. The molecule has 2 heterocycles. The maximum absolute atomic E-state index is 5.77. The number of guanidine groups is 1. The van der Waals surface area contributed by atoms with E-state index in [0.29, 0.717) is 5.92 Å². The molecule has 0 aromatic rings. The molecule has 0 aromatic carbocycles. The van der Waals surface area contributed by atoms with Gasteiger partial charge in [-0.3, -0.25) is 4.99 Å². The van der Waals surface area contributed by atoms with E-state index in [0.717, 1.165) is 84.4 Å². The van der Waals surface area contributed by atoms with Gasteiger partial charge in [-0.2, -0.15) is 0 Å². The number of hydrogen-bond donors (Lipinski definition) is 2. The van der Waals surface area contributed by atoms with Gasteiger partial charge in [-0.1, -0.05) is 0 Å². The summed E-state index contributed by atoms with van der Waals surface area (Å²) in [5.74, 6) is 1.51. The number of morpholine rings is 1. The standard InChI is InChI=1S/C17H34N4O3.HI/c1-18-17(20-12-16-13-21(2)7-11-24-16)19-6-3-8-23-14-15-4-9-22-10-5-15;/h15-16H,3-14H2,1-2H3,(H2,18,19,20);1H. The molecule has 2 aliphatic heterocycles. The van der Waals surface area contributed by atoms with Gasteiger partial charge in [0.2, 0.25) is 0 Å². The molecule has 0 aromatic heterocycles. The van der Waals surface area contributed by atoms with Crippen LogP contribution in [-0.2, 0) is 14.2 Å². The summed E-state index contributed by atoms with van der Waals surface area (Å²) in [6, 6.07) is 0. The second-order valence-corrected chi connectivity index (χ2v) is 6.62. The van der Waals surface area contributed by atoms with Crippen molar-refractivity contribution in [1.29, 1.82) is 0 Å². The molecule has 1 atom stereocenters. The molecule has 2 aliphatic rings. The van der Waals surface area contributed by atoms with E-state index >= 15 is 0 Å². The highest BCUT2D eigenvalue weighted by molar-refractivity contribution is 14.0. The summed E-state index contributed by atoms with van der Waals surface area (Å²) >= 11 is 0. The number of nitrogens with one attached hydrogen (secondary N) is 2. The van der Waals surface area contributed by atoms with Gasteiger partial charge < -0.3 is 29.7 Å². The van der Waals surface area contributed by atoms with Gasteiger partial charge in [0.1, 0.15) is 0 Å². The third-order valence-electron chi connectivity index (χ3n) is 4.51. The third kappa shape index (κ3) is 9.93. The van der Waals surface area contributed by atoms with E-state index in [2.05, 4.69) is 27.6 Å². The lowest BCUT2D eigenvalue weighted by atomic mass is 10.0. The summed E-state index contributed by atoms with van der Waals surface area (Å²) in [5, 5.41) is 6.66. The van der Waals surface area contributed by atoms with Gasteiger partial charge in [-0.25, -0.2) is 0 Å². The lowest BCUT2D eigenvalue weighted by Gasteiger charge is -2.30. The van der Waals surface area contributed by atoms with Crippen LogP contribution >= 0.6 is 24.0 Å². The molecule has 148 valence electrons. The first kappa shape index (κ1) is 22.9. The molecule has 0 amide bonds. The Morgan fingerprint density at radius 2 is 2.04 bits per heavy atom. The predicted molar refractivity (Wildman–Crippen MR) is 111 cm³/mol. The monoisotopic (exact) mass is 470 g/mol. The van der Waals surface area contributed by atoms with Crippen LogP contribution in [0.25, 0.3) is 0 Å². The molecule has 0 spiro atoms. The van der Waals surface area contributed by atoms with Crippen molar-refractivity contribution in [3.63, 3.8) is 0 Å². The molecule has 1 unspecified atom stereocenters. The van der Waals surface area contributed by atoms with Gasteiger partial charge in [0.25, 0.3) is 0 Å². The molecule has 0 saturated carbocycles. The van der Waals surface area contributed by atoms with Crippen LogP contribution in [0.1, 0.15) is 19.3 Å². The van der Waals surface area contributed by atoms with Gasteiger partial charge in [-0.05, 0) is 32.2 Å². The maximum Gasteiger partial charge on any atom is 0.191 e. The van der Waals surface area contributed by atoms with Gasteiger partial charge in [0, 0.05) is 59.7 Å². The zero-order chi connectivity index (χ0) is 17.0. The largest absolute Gasteiger partial charge is 0.381 e. The Balaban J connectivity index is 0.00000312. The summed E-state index contributed by atoms with van der Waals surface area (Å²) in [7, 11) is 3.92. The first-order chi connectivity index (χ1) is 11.8. The van der Waals surface area contributed by atoms with Crippen molar-refractivity contribution in [2.45, 2.75) is 25.4 Å². The summed E-state index contributed by atoms with van der Waals surface area (Å²) in [5.41, 5.74) is 0. The lowest BCUT2D eigenvalue weighted by Crippen LogP contribution is -2.48. The van der Waals surface area contributed by atoms with E-state index in [4.69, 9.17) is 14.2 Å². The summed E-state index contributed by atoms with van der Waals surface area (Å²) in [6.07, 6.45) is 3.47. The number of hydrogen-bond acceptors (Lipinski definition) is 5. The predicted octanol–water partition coefficient (Wildman–Crippen LogP) is 0.933. The van der Waals surface area contributed by atoms with E-state index < -0.39 is 0 Å². The number of likely N-dealkylation sites (N-methyl/N-ethyl adjacent to an activating group) is 1. The van der Waals surface area contributed by atoms with Crippen LogP contribution in [0.3, 0.4) is 0 Å². The Morgan fingerprint density at radius 1 is 1.24 bits per heavy atom. The Bertz CT molecular complexity index is 368. The fourth-order valence-corrected chi connectivity index (χ4v) is 2.97. The van der Waals surface area contributed by atoms with Crippen molar-refractivity contribution in [2.24, 2.45) is 10.9 Å². The van der Waals surface area contributed by atoms with E-state index in [9.17, 15) is 0 Å². The SMILES string of the molecule is CN=C(NCCCOCC1CCOCC1)NCC1CN(C)CCO1.I. The Kier molecular flexibility index (Phi) is 12.8. The molecule has 2 saturated heterocycles. The van der Waals surface area contributed by atoms with Crippen molar-refractivity contribution in [1.82, 2.24) is 15.5 Å². The van der Waals surface area contributed by atoms with Crippen molar-refractivity contribution in [3.8, 4) is 0 Å². The zero-order valence-corrected chi connectivity index (χ0v) is 18.0. The summed E-state index contributed by atoms with van der Waals surface area (Å²) in [6.45, 7) is 7.85. The molecular weight excluding hydrogens is 435 g/mol. The highest BCUT2D eigenvalue weighted by Gasteiger charge is 2.17. The minimum Gasteiger partial charge on any atom is -0.381 e. The minimum absolute atomic E-state index is 0. The topological polar surface area (TPSA) is 67.4 Å². The summed E-state index contributed by atoms with van der Waals surface area (Å²) < 4.78 is 16.9. The number of rotatable bonds is 8. The van der Waals surface area contributed by atoms with Crippen LogP contribution in [0.5, 0.6) is 0 Å². The first-order valence-electron chi connectivity index (χ1n) is 9.18. The Labute approximate surface area is 169 Å². The van der Waals surface area contributed by atoms with E-state index in [1.54, 1.807) is 7.05 Å². The van der Waals surface area contributed by atoms with E-state index in [1.807, 2.05) is 0 Å². The van der Waals surface area contributed by atoms with Crippen molar-refractivity contribution in [2.75, 3.05) is 73.3 Å². The average molecular weight is 470 g/mol. The van der Waals surface area contributed by atoms with Crippen molar-refractivity contribution < 1.29 is 14.2 Å². The maximum atomic E-state index is 5.77. The van der Waals surface area contributed by atoms with Gasteiger partial charge in [0.15, 0.2) is 5.96 Å². The highest BCUT2D eigenvalue weighted by Crippen LogP contribution is 2.14. The van der Waals surface area contributed by atoms with Crippen LogP contribution in [0.15, 0.2) is 4.99 Å². The van der Waals surface area contributed by atoms with Gasteiger partial charge >= 0.3 is 0 Å². The molecule has 25 heavy (non-hydrogen) atoms. The Hall–Kier alpha value is -0.160. The van der Waals surface area contributed by atoms with Crippen LogP contribution in [0.4, 0.5) is 0 Å². The van der Waals surface area contributed by atoms with Gasteiger partial charge in [0.05, 0.1) is 12.7 Å². The fraction of sp³-hybridized carbons (Fsp3) is 0.941. The third-order valence-corrected chi connectivity index (χ3v) is 4.51. The van der Waals surface area contributed by atoms with Crippen molar-refractivity contribution in [3.05, 3.63) is 0 Å². The molecule has 0 aliphatic carbocycles. The highest BCUT2D eigenvalue weighted by atomic mass is 127. The molecule has 0 radical (unpaired) electrons. The van der Waals surface area contributed by atoms with E-state index in [1.165, 1.54) is 0 Å². The molecule has 2 fully saturated rings. The fourth-order valence-electron chi connectivity index (χ4n) is 2.97. The molecule has 2 rings (SSSR count). The average Bonchev–Trinajstić information content (AvgIpc) is 2.61. The minimum atomic E-state index is 0. The van der Waals surface area contributed by atoms with Crippen molar-refractivity contribution >= 4 is 29.9 Å². The second-order valence-electron chi connectivity index (χ2n) is 6.62. The van der Waals surface area contributed by atoms with Crippen LogP contribution in [-0.4, -0.2) is 90.3 Å². The Morgan fingerprint density at radius 3 is 2.76 bits per heavy atom. The zero-order valence-electron chi connectivity index (χ0n) is 15.7. The summed E-state index contributed by atoms with van der Waals surface area (Å²) in [4.78, 5) is 6.55. The second kappa shape index (κ2) is 14.0. The number of nitrogens with zero attached hydrogens (tertiary/aromatic N) is 2. The number of aliphatic imine (C=N–C) groups is 1. The molecule has 8 heteroatoms. The van der Waals surface area contributed by atoms with Crippen LogP contribution in [0, 0.1) is 5.92 Å². The molecule has 2 N–H and O–H groups in total.